The molecule has 9 nitrogen and oxygen atoms in total. The summed E-state index contributed by atoms with van der Waals surface area (Å²) in [6, 6.07) is 18.6. The number of hydrogen-bond donors (Lipinski definition) is 0. The van der Waals surface area contributed by atoms with Crippen molar-refractivity contribution in [3.63, 3.8) is 0 Å². The van der Waals surface area contributed by atoms with Crippen molar-refractivity contribution in [2.45, 2.75) is 10.9 Å². The number of carbonyl (C=O) groups excluding carboxylic acids is 1. The first-order valence-electron chi connectivity index (χ1n) is 9.79. The van der Waals surface area contributed by atoms with Crippen molar-refractivity contribution >= 4 is 27.7 Å². The standard InChI is InChI=1S/C20H22N6O3S2/c27-19(15-30-20-21-22-23-26(20)18-9-5-2-6-10-18)24-11-13-25(14-12-24)31(28,29)16-17-7-3-1-4-8-17/h1-10H,11-16H2. The zero-order chi connectivity index (χ0) is 21.7. The normalized spacial score (nSPS) is 15.2. The number of nitrogens with zero attached hydrogens (tertiary/aromatic N) is 6. The van der Waals surface area contributed by atoms with Gasteiger partial charge in [0.15, 0.2) is 0 Å². The number of tetrazole rings is 1. The molecule has 1 amide bonds. The Morgan fingerprint density at radius 2 is 1.58 bits per heavy atom. The minimum Gasteiger partial charge on any atom is -0.339 e. The number of rotatable bonds is 7. The molecule has 1 aromatic heterocycles. The Morgan fingerprint density at radius 3 is 2.26 bits per heavy atom. The van der Waals surface area contributed by atoms with Gasteiger partial charge in [-0.2, -0.15) is 8.99 Å². The number of para-hydroxylation sites is 1. The molecule has 2 aromatic carbocycles. The molecule has 2 heterocycles. The number of sulfonamides is 1. The summed E-state index contributed by atoms with van der Waals surface area (Å²) in [4.78, 5) is 14.3. The number of aromatic nitrogens is 4. The van der Waals surface area contributed by atoms with E-state index in [-0.39, 0.29) is 17.4 Å². The van der Waals surface area contributed by atoms with Crippen LogP contribution in [0.15, 0.2) is 65.8 Å². The third-order valence-corrected chi connectivity index (χ3v) is 7.70. The fourth-order valence-electron chi connectivity index (χ4n) is 3.31. The van der Waals surface area contributed by atoms with Gasteiger partial charge >= 0.3 is 0 Å². The van der Waals surface area contributed by atoms with Crippen LogP contribution in [0, 0.1) is 0 Å². The summed E-state index contributed by atoms with van der Waals surface area (Å²) < 4.78 is 28.4. The maximum atomic E-state index is 12.7. The van der Waals surface area contributed by atoms with Crippen LogP contribution in [0.5, 0.6) is 0 Å². The highest BCUT2D eigenvalue weighted by atomic mass is 32.2. The van der Waals surface area contributed by atoms with Crippen LogP contribution in [0.25, 0.3) is 5.69 Å². The Kier molecular flexibility index (Phi) is 6.64. The molecule has 0 spiro atoms. The van der Waals surface area contributed by atoms with E-state index < -0.39 is 10.0 Å². The van der Waals surface area contributed by atoms with Gasteiger partial charge in [-0.15, -0.1) is 5.10 Å². The molecule has 0 saturated carbocycles. The van der Waals surface area contributed by atoms with E-state index in [1.54, 1.807) is 21.7 Å². The van der Waals surface area contributed by atoms with Gasteiger partial charge in [0.25, 0.3) is 0 Å². The monoisotopic (exact) mass is 458 g/mol. The van der Waals surface area contributed by atoms with Crippen molar-refractivity contribution in [1.29, 1.82) is 0 Å². The van der Waals surface area contributed by atoms with Crippen LogP contribution in [0.4, 0.5) is 0 Å². The van der Waals surface area contributed by atoms with Gasteiger partial charge in [0.2, 0.25) is 21.1 Å². The van der Waals surface area contributed by atoms with Crippen LogP contribution < -0.4 is 0 Å². The molecule has 1 aliphatic heterocycles. The second kappa shape index (κ2) is 9.58. The summed E-state index contributed by atoms with van der Waals surface area (Å²) in [7, 11) is -3.41. The molecular formula is C20H22N6O3S2. The van der Waals surface area contributed by atoms with Gasteiger partial charge in [-0.3, -0.25) is 4.79 Å². The largest absolute Gasteiger partial charge is 0.339 e. The first kappa shape index (κ1) is 21.5. The molecule has 0 radical (unpaired) electrons. The number of hydrogen-bond acceptors (Lipinski definition) is 7. The lowest BCUT2D eigenvalue weighted by atomic mass is 10.2. The Morgan fingerprint density at radius 1 is 0.935 bits per heavy atom. The average Bonchev–Trinajstić information content (AvgIpc) is 3.27. The van der Waals surface area contributed by atoms with Crippen LogP contribution in [0.3, 0.4) is 0 Å². The topological polar surface area (TPSA) is 101 Å². The van der Waals surface area contributed by atoms with Crippen molar-refractivity contribution in [2.24, 2.45) is 0 Å². The van der Waals surface area contributed by atoms with E-state index in [1.807, 2.05) is 48.5 Å². The Hall–Kier alpha value is -2.76. The molecule has 11 heteroatoms. The summed E-state index contributed by atoms with van der Waals surface area (Å²) in [5.41, 5.74) is 1.58. The van der Waals surface area contributed by atoms with Gasteiger partial charge < -0.3 is 4.90 Å². The molecule has 0 bridgehead atoms. The predicted molar refractivity (Wildman–Crippen MR) is 117 cm³/mol. The molecule has 0 atom stereocenters. The maximum Gasteiger partial charge on any atom is 0.233 e. The molecule has 31 heavy (non-hydrogen) atoms. The number of piperazine rings is 1. The molecule has 1 fully saturated rings. The van der Waals surface area contributed by atoms with Crippen LogP contribution in [0.1, 0.15) is 5.56 Å². The van der Waals surface area contributed by atoms with Gasteiger partial charge in [-0.1, -0.05) is 60.3 Å². The smallest absolute Gasteiger partial charge is 0.233 e. The van der Waals surface area contributed by atoms with E-state index in [4.69, 9.17) is 0 Å². The molecule has 1 aliphatic rings. The lowest BCUT2D eigenvalue weighted by Gasteiger charge is -2.34. The van der Waals surface area contributed by atoms with Crippen LogP contribution in [-0.2, 0) is 20.6 Å². The van der Waals surface area contributed by atoms with Crippen molar-refractivity contribution in [1.82, 2.24) is 29.4 Å². The van der Waals surface area contributed by atoms with Gasteiger partial charge in [0, 0.05) is 26.2 Å². The van der Waals surface area contributed by atoms with Crippen molar-refractivity contribution < 1.29 is 13.2 Å². The third-order valence-electron chi connectivity index (χ3n) is 4.94. The summed E-state index contributed by atoms with van der Waals surface area (Å²) in [5.74, 6) is 0.0942. The molecule has 0 N–H and O–H groups in total. The fraction of sp³-hybridized carbons (Fsp3) is 0.300. The van der Waals surface area contributed by atoms with Crippen molar-refractivity contribution in [3.05, 3.63) is 66.2 Å². The lowest BCUT2D eigenvalue weighted by molar-refractivity contribution is -0.129. The van der Waals surface area contributed by atoms with Crippen LogP contribution in [0.2, 0.25) is 0 Å². The predicted octanol–water partition coefficient (Wildman–Crippen LogP) is 1.43. The maximum absolute atomic E-state index is 12.7. The second-order valence-corrected chi connectivity index (χ2v) is 9.93. The summed E-state index contributed by atoms with van der Waals surface area (Å²) in [6.45, 7) is 1.34. The van der Waals surface area contributed by atoms with Crippen LogP contribution in [-0.4, -0.2) is 75.7 Å². The first-order chi connectivity index (χ1) is 15.0. The fourth-order valence-corrected chi connectivity index (χ4v) is 5.62. The summed E-state index contributed by atoms with van der Waals surface area (Å²) in [6.07, 6.45) is 0. The third kappa shape index (κ3) is 5.30. The molecular weight excluding hydrogens is 436 g/mol. The number of amides is 1. The molecule has 1 saturated heterocycles. The Bertz CT molecular complexity index is 1110. The van der Waals surface area contributed by atoms with Gasteiger partial charge in [0.05, 0.1) is 17.2 Å². The molecule has 0 aliphatic carbocycles. The molecule has 4 rings (SSSR count). The van der Waals surface area contributed by atoms with Crippen molar-refractivity contribution in [2.75, 3.05) is 31.9 Å². The molecule has 3 aromatic rings. The van der Waals surface area contributed by atoms with Gasteiger partial charge in [0.1, 0.15) is 0 Å². The highest BCUT2D eigenvalue weighted by Gasteiger charge is 2.29. The minimum absolute atomic E-state index is 0.0280. The Balaban J connectivity index is 1.30. The minimum atomic E-state index is -3.41. The average molecular weight is 459 g/mol. The number of thioether (sulfide) groups is 1. The Labute approximate surface area is 185 Å². The van der Waals surface area contributed by atoms with Crippen LogP contribution >= 0.6 is 11.8 Å². The number of carbonyl (C=O) groups is 1. The van der Waals surface area contributed by atoms with Gasteiger partial charge in [-0.05, 0) is 28.1 Å². The van der Waals surface area contributed by atoms with E-state index in [9.17, 15) is 13.2 Å². The zero-order valence-corrected chi connectivity index (χ0v) is 18.4. The van der Waals surface area contributed by atoms with E-state index in [0.29, 0.717) is 31.3 Å². The van der Waals surface area contributed by atoms with E-state index in [1.165, 1.54) is 16.1 Å². The summed E-state index contributed by atoms with van der Waals surface area (Å²) in [5, 5.41) is 12.2. The van der Waals surface area contributed by atoms with E-state index >= 15 is 0 Å². The first-order valence-corrected chi connectivity index (χ1v) is 12.4. The highest BCUT2D eigenvalue weighted by molar-refractivity contribution is 7.99. The van der Waals surface area contributed by atoms with Crippen molar-refractivity contribution in [3.8, 4) is 5.69 Å². The zero-order valence-electron chi connectivity index (χ0n) is 16.7. The lowest BCUT2D eigenvalue weighted by Crippen LogP contribution is -2.51. The van der Waals surface area contributed by atoms with E-state index in [2.05, 4.69) is 15.5 Å². The quantitative estimate of drug-likeness (QED) is 0.494. The molecule has 0 unspecified atom stereocenters. The number of benzene rings is 2. The highest BCUT2D eigenvalue weighted by Crippen LogP contribution is 2.19. The van der Waals surface area contributed by atoms with E-state index in [0.717, 1.165) is 11.3 Å². The second-order valence-electron chi connectivity index (χ2n) is 7.02. The van der Waals surface area contributed by atoms with Gasteiger partial charge in [-0.25, -0.2) is 8.42 Å². The summed E-state index contributed by atoms with van der Waals surface area (Å²) >= 11 is 1.26. The molecule has 162 valence electrons. The SMILES string of the molecule is O=C(CSc1nnnn1-c1ccccc1)N1CCN(S(=O)(=O)Cc2ccccc2)CC1.